The average molecular weight is 424 g/mol. The number of hydrogen-bond acceptors (Lipinski definition) is 5. The summed E-state index contributed by atoms with van der Waals surface area (Å²) in [6.45, 7) is 1.84. The van der Waals surface area contributed by atoms with Crippen LogP contribution in [0, 0.1) is 12.7 Å². The molecule has 1 aliphatic heterocycles. The zero-order chi connectivity index (χ0) is 22.3. The van der Waals surface area contributed by atoms with Gasteiger partial charge in [-0.05, 0) is 35.7 Å². The number of aromatic nitrogens is 2. The maximum absolute atomic E-state index is 14.0. The van der Waals surface area contributed by atoms with Gasteiger partial charge in [-0.3, -0.25) is 9.48 Å². The van der Waals surface area contributed by atoms with Crippen molar-refractivity contribution in [3.05, 3.63) is 65.2 Å². The predicted octanol–water partition coefficient (Wildman–Crippen LogP) is 2.43. The second-order valence-corrected chi connectivity index (χ2v) is 7.40. The highest BCUT2D eigenvalue weighted by molar-refractivity contribution is 5.99. The molecule has 3 aromatic rings. The second-order valence-electron chi connectivity index (χ2n) is 7.40. The van der Waals surface area contributed by atoms with Crippen LogP contribution in [0.25, 0.3) is 11.1 Å². The number of nitrogens with zero attached hydrogens (tertiary/aromatic N) is 3. The first-order chi connectivity index (χ1) is 14.8. The Bertz CT molecular complexity index is 1170. The summed E-state index contributed by atoms with van der Waals surface area (Å²) < 4.78 is 21.1. The predicted molar refractivity (Wildman–Crippen MR) is 112 cm³/mol. The molecule has 0 saturated heterocycles. The van der Waals surface area contributed by atoms with Gasteiger partial charge in [0, 0.05) is 7.05 Å². The lowest BCUT2D eigenvalue weighted by Crippen LogP contribution is -2.43. The molecule has 1 amide bonds. The van der Waals surface area contributed by atoms with Crippen molar-refractivity contribution < 1.29 is 23.8 Å². The summed E-state index contributed by atoms with van der Waals surface area (Å²) in [5.41, 5.74) is 8.74. The minimum Gasteiger partial charge on any atom is -0.489 e. The summed E-state index contributed by atoms with van der Waals surface area (Å²) in [6.07, 6.45) is 0. The van der Waals surface area contributed by atoms with Crippen LogP contribution in [0.3, 0.4) is 0 Å². The van der Waals surface area contributed by atoms with Gasteiger partial charge in [0.25, 0.3) is 0 Å². The molecule has 31 heavy (non-hydrogen) atoms. The maximum Gasteiger partial charge on any atom is 0.359 e. The van der Waals surface area contributed by atoms with Crippen molar-refractivity contribution in [3.63, 3.8) is 0 Å². The molecule has 0 spiro atoms. The van der Waals surface area contributed by atoms with Crippen molar-refractivity contribution in [3.8, 4) is 16.9 Å². The highest BCUT2D eigenvalue weighted by Gasteiger charge is 2.26. The molecule has 9 heteroatoms. The number of carboxylic acids is 1. The third-order valence-corrected chi connectivity index (χ3v) is 5.34. The highest BCUT2D eigenvalue weighted by Crippen LogP contribution is 2.35. The number of fused-ring (bicyclic) bond motifs is 1. The van der Waals surface area contributed by atoms with E-state index in [2.05, 4.69) is 5.10 Å². The van der Waals surface area contributed by atoms with E-state index < -0.39 is 23.5 Å². The molecule has 0 unspecified atom stereocenters. The van der Waals surface area contributed by atoms with Crippen LogP contribution in [0.5, 0.6) is 5.75 Å². The Kier molecular flexibility index (Phi) is 5.20. The first-order valence-corrected chi connectivity index (χ1v) is 9.61. The largest absolute Gasteiger partial charge is 0.489 e. The van der Waals surface area contributed by atoms with E-state index in [1.165, 1.54) is 16.5 Å². The molecule has 3 N–H and O–H groups in total. The lowest BCUT2D eigenvalue weighted by atomic mass is 10.0. The van der Waals surface area contributed by atoms with Crippen molar-refractivity contribution in [2.75, 3.05) is 18.6 Å². The Hall–Kier alpha value is -3.72. The van der Waals surface area contributed by atoms with Gasteiger partial charge in [-0.25, -0.2) is 9.18 Å². The number of carbonyl (C=O) groups excluding carboxylic acids is 1. The Labute approximate surface area is 177 Å². The van der Waals surface area contributed by atoms with Gasteiger partial charge in [-0.2, -0.15) is 5.10 Å². The van der Waals surface area contributed by atoms with Crippen LogP contribution in [-0.2, 0) is 11.3 Å². The number of aromatic carboxylic acids is 1. The Balaban J connectivity index is 1.58. The van der Waals surface area contributed by atoms with Gasteiger partial charge in [0.2, 0.25) is 11.6 Å². The highest BCUT2D eigenvalue weighted by atomic mass is 19.1. The fourth-order valence-electron chi connectivity index (χ4n) is 3.50. The minimum absolute atomic E-state index is 0.108. The van der Waals surface area contributed by atoms with E-state index in [0.717, 1.165) is 16.7 Å². The molecule has 0 saturated carbocycles. The van der Waals surface area contributed by atoms with Crippen LogP contribution in [0.15, 0.2) is 42.5 Å². The number of halogens is 1. The summed E-state index contributed by atoms with van der Waals surface area (Å²) in [5, 5.41) is 12.9. The van der Waals surface area contributed by atoms with Gasteiger partial charge in [-0.1, -0.05) is 30.3 Å². The number of likely N-dealkylation sites (N-methyl/N-ethyl adjacent to an activating group) is 1. The van der Waals surface area contributed by atoms with E-state index in [1.54, 1.807) is 7.05 Å². The number of rotatable bonds is 4. The van der Waals surface area contributed by atoms with Crippen molar-refractivity contribution in [1.29, 1.82) is 0 Å². The number of hydrogen-bond donors (Lipinski definition) is 2. The van der Waals surface area contributed by atoms with E-state index in [9.17, 15) is 14.0 Å². The standard InChI is InChI=1S/C22H21FN4O4/c1-12-19(23)20(22(29)30)25-27(12)10-13-3-5-14(6-4-13)15-7-8-17-18(9-15)31-11-16(24)21(28)26(17)2/h3-9,16H,10-11,24H2,1-2H3,(H,29,30)/t16-/m0/s1. The number of anilines is 1. The number of benzene rings is 2. The van der Waals surface area contributed by atoms with Crippen LogP contribution in [0.4, 0.5) is 10.1 Å². The average Bonchev–Trinajstić information content (AvgIpc) is 2.99. The van der Waals surface area contributed by atoms with Crippen LogP contribution in [0.2, 0.25) is 0 Å². The molecule has 0 aliphatic carbocycles. The monoisotopic (exact) mass is 424 g/mol. The van der Waals surface area contributed by atoms with Crippen molar-refractivity contribution in [1.82, 2.24) is 9.78 Å². The number of amides is 1. The van der Waals surface area contributed by atoms with Gasteiger partial charge < -0.3 is 20.5 Å². The molecule has 2 heterocycles. The molecule has 0 radical (unpaired) electrons. The molecule has 1 aromatic heterocycles. The molecule has 0 fully saturated rings. The van der Waals surface area contributed by atoms with Crippen molar-refractivity contribution in [2.45, 2.75) is 19.5 Å². The van der Waals surface area contributed by atoms with Crippen LogP contribution < -0.4 is 15.4 Å². The number of carboxylic acid groups (broad SMARTS) is 1. The molecule has 1 aliphatic rings. The number of nitrogens with two attached hydrogens (primary N) is 1. The van der Waals surface area contributed by atoms with Crippen molar-refractivity contribution in [2.24, 2.45) is 5.73 Å². The van der Waals surface area contributed by atoms with E-state index in [0.29, 0.717) is 11.4 Å². The molecule has 0 bridgehead atoms. The number of carbonyl (C=O) groups is 2. The number of ether oxygens (including phenoxy) is 1. The third-order valence-electron chi connectivity index (χ3n) is 5.34. The molecule has 2 aromatic carbocycles. The fourth-order valence-corrected chi connectivity index (χ4v) is 3.50. The molecular formula is C22H21FN4O4. The first-order valence-electron chi connectivity index (χ1n) is 9.61. The smallest absolute Gasteiger partial charge is 0.359 e. The Morgan fingerprint density at radius 2 is 1.94 bits per heavy atom. The zero-order valence-electron chi connectivity index (χ0n) is 17.0. The minimum atomic E-state index is -1.39. The van der Waals surface area contributed by atoms with E-state index in [-0.39, 0.29) is 24.8 Å². The van der Waals surface area contributed by atoms with Gasteiger partial charge >= 0.3 is 5.97 Å². The first kappa shape index (κ1) is 20.5. The van der Waals surface area contributed by atoms with Gasteiger partial charge in [0.15, 0.2) is 5.82 Å². The summed E-state index contributed by atoms with van der Waals surface area (Å²) in [5.74, 6) is -1.84. The van der Waals surface area contributed by atoms with E-state index >= 15 is 0 Å². The maximum atomic E-state index is 14.0. The molecule has 4 rings (SSSR count). The van der Waals surface area contributed by atoms with Crippen LogP contribution in [0.1, 0.15) is 21.7 Å². The van der Waals surface area contributed by atoms with Gasteiger partial charge in [-0.15, -0.1) is 0 Å². The summed E-state index contributed by atoms with van der Waals surface area (Å²) >= 11 is 0. The van der Waals surface area contributed by atoms with Crippen molar-refractivity contribution >= 4 is 17.6 Å². The molecule has 160 valence electrons. The molecule has 8 nitrogen and oxygen atoms in total. The SMILES string of the molecule is Cc1c(F)c(C(=O)O)nn1Cc1ccc(-c2ccc3c(c2)OC[C@H](N)C(=O)N3C)cc1. The molecule has 1 atom stereocenters. The summed E-state index contributed by atoms with van der Waals surface area (Å²) in [6, 6.07) is 12.4. The topological polar surface area (TPSA) is 111 Å². The Morgan fingerprint density at radius 1 is 1.26 bits per heavy atom. The lowest BCUT2D eigenvalue weighted by molar-refractivity contribution is -0.119. The lowest BCUT2D eigenvalue weighted by Gasteiger charge is -2.18. The summed E-state index contributed by atoms with van der Waals surface area (Å²) in [4.78, 5) is 24.8. The fraction of sp³-hybridized carbons (Fsp3) is 0.227. The van der Waals surface area contributed by atoms with E-state index in [1.807, 2.05) is 42.5 Å². The van der Waals surface area contributed by atoms with Gasteiger partial charge in [0.05, 0.1) is 17.9 Å². The molecular weight excluding hydrogens is 403 g/mol. The Morgan fingerprint density at radius 3 is 2.58 bits per heavy atom. The summed E-state index contributed by atoms with van der Waals surface area (Å²) in [7, 11) is 1.67. The van der Waals surface area contributed by atoms with E-state index in [4.69, 9.17) is 15.6 Å². The van der Waals surface area contributed by atoms with Gasteiger partial charge in [0.1, 0.15) is 18.4 Å². The quantitative estimate of drug-likeness (QED) is 0.666. The van der Waals surface area contributed by atoms with Crippen LogP contribution in [-0.4, -0.2) is 46.5 Å². The zero-order valence-corrected chi connectivity index (χ0v) is 17.0. The normalized spacial score (nSPS) is 15.9. The van der Waals surface area contributed by atoms with Crippen LogP contribution >= 0.6 is 0 Å². The third kappa shape index (κ3) is 3.75. The second kappa shape index (κ2) is 7.84.